The van der Waals surface area contributed by atoms with Crippen LogP contribution in [0.4, 0.5) is 11.4 Å². The smallest absolute Gasteiger partial charge is 0.101 e. The molecule has 2 rings (SSSR count). The van der Waals surface area contributed by atoms with Gasteiger partial charge in [-0.25, -0.2) is 0 Å². The van der Waals surface area contributed by atoms with Gasteiger partial charge in [0.2, 0.25) is 0 Å². The van der Waals surface area contributed by atoms with Gasteiger partial charge >= 0.3 is 0 Å². The Hall–Kier alpha value is -1.69. The van der Waals surface area contributed by atoms with Gasteiger partial charge in [0, 0.05) is 18.8 Å². The summed E-state index contributed by atoms with van der Waals surface area (Å²) >= 11 is 0. The van der Waals surface area contributed by atoms with Crippen molar-refractivity contribution in [2.24, 2.45) is 5.92 Å². The molecule has 0 saturated heterocycles. The first kappa shape index (κ1) is 11.8. The minimum absolute atomic E-state index is 0.657. The third-order valence-electron chi connectivity index (χ3n) is 3.57. The van der Waals surface area contributed by atoms with Crippen LogP contribution in [-0.2, 0) is 0 Å². The number of nitriles is 1. The van der Waals surface area contributed by atoms with Gasteiger partial charge in [-0.2, -0.15) is 5.26 Å². The zero-order valence-electron chi connectivity index (χ0n) is 10.3. The van der Waals surface area contributed by atoms with E-state index in [2.05, 4.69) is 17.9 Å². The molecule has 0 unspecified atom stereocenters. The molecule has 0 aromatic heterocycles. The molecule has 17 heavy (non-hydrogen) atoms. The van der Waals surface area contributed by atoms with Gasteiger partial charge in [0.05, 0.1) is 11.3 Å². The number of hydrogen-bond acceptors (Lipinski definition) is 3. The maximum atomic E-state index is 9.16. The fourth-order valence-electron chi connectivity index (χ4n) is 2.30. The fourth-order valence-corrected chi connectivity index (χ4v) is 2.30. The molecule has 3 heteroatoms. The molecule has 1 aliphatic rings. The van der Waals surface area contributed by atoms with Gasteiger partial charge in [0.25, 0.3) is 0 Å². The molecule has 90 valence electrons. The number of nitrogens with zero attached hydrogens (tertiary/aromatic N) is 2. The summed E-state index contributed by atoms with van der Waals surface area (Å²) in [6, 6.07) is 7.84. The average molecular weight is 229 g/mol. The van der Waals surface area contributed by atoms with Crippen molar-refractivity contribution >= 4 is 11.4 Å². The molecule has 1 fully saturated rings. The highest BCUT2D eigenvalue weighted by atomic mass is 15.1. The quantitative estimate of drug-likeness (QED) is 0.808. The van der Waals surface area contributed by atoms with Crippen LogP contribution in [0.5, 0.6) is 0 Å². The first-order valence-electron chi connectivity index (χ1n) is 6.29. The van der Waals surface area contributed by atoms with Crippen molar-refractivity contribution in [3.05, 3.63) is 23.8 Å². The third kappa shape index (κ3) is 2.52. The average Bonchev–Trinajstić information content (AvgIpc) is 2.29. The highest BCUT2D eigenvalue weighted by molar-refractivity contribution is 5.64. The van der Waals surface area contributed by atoms with Crippen LogP contribution in [0.2, 0.25) is 0 Å². The maximum Gasteiger partial charge on any atom is 0.101 e. The number of nitrogen functional groups attached to an aromatic ring is 1. The van der Waals surface area contributed by atoms with E-state index in [1.165, 1.54) is 19.3 Å². The topological polar surface area (TPSA) is 53.0 Å². The van der Waals surface area contributed by atoms with Gasteiger partial charge in [-0.15, -0.1) is 0 Å². The molecule has 0 radical (unpaired) electrons. The van der Waals surface area contributed by atoms with Gasteiger partial charge in [0.1, 0.15) is 6.07 Å². The molecule has 1 aromatic carbocycles. The molecule has 1 saturated carbocycles. The Morgan fingerprint density at radius 3 is 2.76 bits per heavy atom. The zero-order valence-corrected chi connectivity index (χ0v) is 10.3. The molecule has 0 atom stereocenters. The monoisotopic (exact) mass is 229 g/mol. The molecule has 1 aliphatic carbocycles. The first-order valence-corrected chi connectivity index (χ1v) is 6.29. The minimum atomic E-state index is 0.657. The van der Waals surface area contributed by atoms with Crippen LogP contribution in [0.1, 0.15) is 31.7 Å². The van der Waals surface area contributed by atoms with Gasteiger partial charge < -0.3 is 10.6 Å². The maximum absolute atomic E-state index is 9.16. The van der Waals surface area contributed by atoms with Crippen LogP contribution in [0.15, 0.2) is 18.2 Å². The Morgan fingerprint density at radius 1 is 1.47 bits per heavy atom. The van der Waals surface area contributed by atoms with Crippen molar-refractivity contribution in [2.45, 2.75) is 26.2 Å². The number of hydrogen-bond donors (Lipinski definition) is 1. The van der Waals surface area contributed by atoms with E-state index in [0.29, 0.717) is 11.3 Å². The number of rotatable bonds is 4. The third-order valence-corrected chi connectivity index (χ3v) is 3.57. The standard InChI is InChI=1S/C14H19N3/c1-2-17(10-11-4-3-5-11)14-7-6-13(16)8-12(14)9-15/h6-8,11H,2-5,10,16H2,1H3. The normalized spacial score (nSPS) is 15.1. The Kier molecular flexibility index (Phi) is 3.53. The lowest BCUT2D eigenvalue weighted by atomic mass is 9.85. The van der Waals surface area contributed by atoms with E-state index in [0.717, 1.165) is 24.7 Å². The van der Waals surface area contributed by atoms with E-state index < -0.39 is 0 Å². The number of benzene rings is 1. The lowest BCUT2D eigenvalue weighted by molar-refractivity contribution is 0.318. The predicted octanol–water partition coefficient (Wildman–Crippen LogP) is 2.77. The Bertz CT molecular complexity index is 430. The summed E-state index contributed by atoms with van der Waals surface area (Å²) in [6.07, 6.45) is 4.01. The van der Waals surface area contributed by atoms with Crippen LogP contribution in [0.25, 0.3) is 0 Å². The molecular formula is C14H19N3. The molecule has 0 amide bonds. The second-order valence-corrected chi connectivity index (χ2v) is 4.72. The van der Waals surface area contributed by atoms with Crippen LogP contribution in [-0.4, -0.2) is 13.1 Å². The lowest BCUT2D eigenvalue weighted by Gasteiger charge is -2.33. The van der Waals surface area contributed by atoms with E-state index in [1.807, 2.05) is 12.1 Å². The molecule has 1 aromatic rings. The second-order valence-electron chi connectivity index (χ2n) is 4.72. The Labute approximate surface area is 103 Å². The summed E-state index contributed by atoms with van der Waals surface area (Å²) < 4.78 is 0. The highest BCUT2D eigenvalue weighted by Gasteiger charge is 2.21. The van der Waals surface area contributed by atoms with E-state index >= 15 is 0 Å². The van der Waals surface area contributed by atoms with E-state index in [9.17, 15) is 0 Å². The Balaban J connectivity index is 2.20. The molecule has 0 bridgehead atoms. The van der Waals surface area contributed by atoms with Crippen LogP contribution in [0, 0.1) is 17.2 Å². The van der Waals surface area contributed by atoms with E-state index in [1.54, 1.807) is 6.07 Å². The zero-order chi connectivity index (χ0) is 12.3. The molecule has 2 N–H and O–H groups in total. The minimum Gasteiger partial charge on any atom is -0.399 e. The predicted molar refractivity (Wildman–Crippen MR) is 70.8 cm³/mol. The van der Waals surface area contributed by atoms with Crippen LogP contribution >= 0.6 is 0 Å². The van der Waals surface area contributed by atoms with Crippen LogP contribution in [0.3, 0.4) is 0 Å². The molecule has 3 nitrogen and oxygen atoms in total. The molecule has 0 aliphatic heterocycles. The second kappa shape index (κ2) is 5.09. The summed E-state index contributed by atoms with van der Waals surface area (Å²) in [4.78, 5) is 2.29. The summed E-state index contributed by atoms with van der Waals surface area (Å²) in [5.41, 5.74) is 8.08. The highest BCUT2D eigenvalue weighted by Crippen LogP contribution is 2.30. The molecule has 0 spiro atoms. The number of nitrogens with two attached hydrogens (primary N) is 1. The number of anilines is 2. The summed E-state index contributed by atoms with van der Waals surface area (Å²) in [6.45, 7) is 4.14. The largest absolute Gasteiger partial charge is 0.399 e. The summed E-state index contributed by atoms with van der Waals surface area (Å²) in [5, 5.41) is 9.16. The van der Waals surface area contributed by atoms with Gasteiger partial charge in [-0.3, -0.25) is 0 Å². The first-order chi connectivity index (χ1) is 8.24. The van der Waals surface area contributed by atoms with Crippen molar-refractivity contribution in [2.75, 3.05) is 23.7 Å². The van der Waals surface area contributed by atoms with Crippen molar-refractivity contribution in [1.29, 1.82) is 5.26 Å². The van der Waals surface area contributed by atoms with Crippen molar-refractivity contribution < 1.29 is 0 Å². The summed E-state index contributed by atoms with van der Waals surface area (Å²) in [7, 11) is 0. The van der Waals surface area contributed by atoms with E-state index in [4.69, 9.17) is 11.0 Å². The SMILES string of the molecule is CCN(CC1CCC1)c1ccc(N)cc1C#N. The van der Waals surface area contributed by atoms with Crippen LogP contribution < -0.4 is 10.6 Å². The lowest BCUT2D eigenvalue weighted by Crippen LogP contribution is -2.32. The van der Waals surface area contributed by atoms with Crippen molar-refractivity contribution in [3.8, 4) is 6.07 Å². The molecule has 0 heterocycles. The van der Waals surface area contributed by atoms with Crippen molar-refractivity contribution in [1.82, 2.24) is 0 Å². The van der Waals surface area contributed by atoms with Gasteiger partial charge in [-0.05, 0) is 43.9 Å². The fraction of sp³-hybridized carbons (Fsp3) is 0.500. The molecular weight excluding hydrogens is 210 g/mol. The van der Waals surface area contributed by atoms with Crippen molar-refractivity contribution in [3.63, 3.8) is 0 Å². The van der Waals surface area contributed by atoms with Gasteiger partial charge in [-0.1, -0.05) is 6.42 Å². The Morgan fingerprint density at radius 2 is 2.24 bits per heavy atom. The van der Waals surface area contributed by atoms with Gasteiger partial charge in [0.15, 0.2) is 0 Å². The summed E-state index contributed by atoms with van der Waals surface area (Å²) in [5.74, 6) is 0.805. The van der Waals surface area contributed by atoms with E-state index in [-0.39, 0.29) is 0 Å².